The van der Waals surface area contributed by atoms with Gasteiger partial charge in [-0.05, 0) is 12.8 Å². The van der Waals surface area contributed by atoms with E-state index in [9.17, 15) is 4.79 Å². The average Bonchev–Trinajstić information content (AvgIpc) is 3.05. The first-order valence-electron chi connectivity index (χ1n) is 7.83. The molecular formula is C17H21N3O2. The van der Waals surface area contributed by atoms with Gasteiger partial charge in [0, 0.05) is 24.6 Å². The van der Waals surface area contributed by atoms with Gasteiger partial charge in [0.1, 0.15) is 0 Å². The Kier molecular flexibility index (Phi) is 4.22. The monoisotopic (exact) mass is 299 g/mol. The maximum atomic E-state index is 12.2. The van der Waals surface area contributed by atoms with E-state index >= 15 is 0 Å². The number of benzene rings is 1. The molecule has 116 valence electrons. The molecule has 0 radical (unpaired) electrons. The summed E-state index contributed by atoms with van der Waals surface area (Å²) in [6.45, 7) is 5.37. The van der Waals surface area contributed by atoms with Crippen LogP contribution in [-0.2, 0) is 4.79 Å². The van der Waals surface area contributed by atoms with E-state index < -0.39 is 0 Å². The second kappa shape index (κ2) is 6.30. The molecule has 1 saturated heterocycles. The zero-order valence-corrected chi connectivity index (χ0v) is 13.0. The molecule has 3 rings (SSSR count). The van der Waals surface area contributed by atoms with Crippen LogP contribution in [0.25, 0.3) is 11.4 Å². The predicted molar refractivity (Wildman–Crippen MR) is 83.1 cm³/mol. The molecular weight excluding hydrogens is 278 g/mol. The molecule has 1 atom stereocenters. The number of nitrogens with zero attached hydrogens (tertiary/aromatic N) is 3. The minimum Gasteiger partial charge on any atom is -0.342 e. The van der Waals surface area contributed by atoms with Gasteiger partial charge in [-0.2, -0.15) is 4.98 Å². The molecule has 1 fully saturated rings. The standard InChI is InChI=1S/C17H21N3O2/c1-12(2)17(21)20-10-6-9-14(11-20)16-18-15(19-22-16)13-7-4-3-5-8-13/h3-5,7-8,12,14H,6,9-11H2,1-2H3. The molecule has 5 nitrogen and oxygen atoms in total. The van der Waals surface area contributed by atoms with Crippen LogP contribution in [0.5, 0.6) is 0 Å². The summed E-state index contributed by atoms with van der Waals surface area (Å²) in [7, 11) is 0. The Balaban J connectivity index is 1.74. The van der Waals surface area contributed by atoms with Crippen LogP contribution in [0.3, 0.4) is 0 Å². The summed E-state index contributed by atoms with van der Waals surface area (Å²) in [6, 6.07) is 9.79. The second-order valence-corrected chi connectivity index (χ2v) is 6.10. The highest BCUT2D eigenvalue weighted by atomic mass is 16.5. The maximum absolute atomic E-state index is 12.2. The molecule has 0 spiro atoms. The number of aromatic nitrogens is 2. The van der Waals surface area contributed by atoms with E-state index in [4.69, 9.17) is 4.52 Å². The summed E-state index contributed by atoms with van der Waals surface area (Å²) in [5, 5.41) is 4.08. The lowest BCUT2D eigenvalue weighted by atomic mass is 9.97. The Labute approximate surface area is 130 Å². The van der Waals surface area contributed by atoms with Crippen LogP contribution in [-0.4, -0.2) is 34.0 Å². The summed E-state index contributed by atoms with van der Waals surface area (Å²) in [6.07, 6.45) is 1.96. The van der Waals surface area contributed by atoms with Gasteiger partial charge < -0.3 is 9.42 Å². The van der Waals surface area contributed by atoms with Gasteiger partial charge in [-0.25, -0.2) is 0 Å². The van der Waals surface area contributed by atoms with E-state index in [1.165, 1.54) is 0 Å². The van der Waals surface area contributed by atoms with Crippen LogP contribution in [0.4, 0.5) is 0 Å². The van der Waals surface area contributed by atoms with E-state index in [1.807, 2.05) is 49.1 Å². The molecule has 5 heteroatoms. The van der Waals surface area contributed by atoms with Crippen LogP contribution in [0.1, 0.15) is 38.5 Å². The van der Waals surface area contributed by atoms with Crippen molar-refractivity contribution in [2.75, 3.05) is 13.1 Å². The van der Waals surface area contributed by atoms with E-state index in [0.29, 0.717) is 18.3 Å². The third kappa shape index (κ3) is 3.03. The summed E-state index contributed by atoms with van der Waals surface area (Å²) >= 11 is 0. The number of hydrogen-bond donors (Lipinski definition) is 0. The molecule has 2 aromatic rings. The number of carbonyl (C=O) groups is 1. The van der Waals surface area contributed by atoms with Gasteiger partial charge >= 0.3 is 0 Å². The largest absolute Gasteiger partial charge is 0.342 e. The van der Waals surface area contributed by atoms with Gasteiger partial charge in [0.2, 0.25) is 17.6 Å². The third-order valence-corrected chi connectivity index (χ3v) is 4.05. The van der Waals surface area contributed by atoms with Crippen LogP contribution in [0.15, 0.2) is 34.9 Å². The quantitative estimate of drug-likeness (QED) is 0.874. The summed E-state index contributed by atoms with van der Waals surface area (Å²) < 4.78 is 5.45. The van der Waals surface area contributed by atoms with Crippen LogP contribution in [0, 0.1) is 5.92 Å². The second-order valence-electron chi connectivity index (χ2n) is 6.10. The van der Waals surface area contributed by atoms with Crippen molar-refractivity contribution >= 4 is 5.91 Å². The molecule has 0 N–H and O–H groups in total. The predicted octanol–water partition coefficient (Wildman–Crippen LogP) is 3.10. The van der Waals surface area contributed by atoms with Gasteiger partial charge in [0.15, 0.2) is 0 Å². The maximum Gasteiger partial charge on any atom is 0.231 e. The first-order chi connectivity index (χ1) is 10.6. The normalized spacial score (nSPS) is 18.7. The fourth-order valence-electron chi connectivity index (χ4n) is 2.85. The molecule has 1 aromatic carbocycles. The van der Waals surface area contributed by atoms with Crippen LogP contribution >= 0.6 is 0 Å². The van der Waals surface area contributed by atoms with Gasteiger partial charge in [-0.15, -0.1) is 0 Å². The van der Waals surface area contributed by atoms with E-state index in [2.05, 4.69) is 10.1 Å². The van der Waals surface area contributed by atoms with Crippen molar-refractivity contribution in [3.8, 4) is 11.4 Å². The number of likely N-dealkylation sites (tertiary alicyclic amines) is 1. The lowest BCUT2D eigenvalue weighted by molar-refractivity contribution is -0.135. The molecule has 1 amide bonds. The zero-order valence-electron chi connectivity index (χ0n) is 13.0. The van der Waals surface area contributed by atoms with Crippen molar-refractivity contribution in [3.05, 3.63) is 36.2 Å². The van der Waals surface area contributed by atoms with E-state index in [1.54, 1.807) is 0 Å². The van der Waals surface area contributed by atoms with Gasteiger partial charge in [-0.3, -0.25) is 4.79 Å². The molecule has 1 aliphatic heterocycles. The highest BCUT2D eigenvalue weighted by Gasteiger charge is 2.29. The van der Waals surface area contributed by atoms with Crippen molar-refractivity contribution in [3.63, 3.8) is 0 Å². The van der Waals surface area contributed by atoms with Gasteiger partial charge in [0.05, 0.1) is 5.92 Å². The highest BCUT2D eigenvalue weighted by Crippen LogP contribution is 2.28. The topological polar surface area (TPSA) is 59.2 Å². The number of hydrogen-bond acceptors (Lipinski definition) is 4. The van der Waals surface area contributed by atoms with E-state index in [0.717, 1.165) is 24.9 Å². The fourth-order valence-corrected chi connectivity index (χ4v) is 2.85. The smallest absolute Gasteiger partial charge is 0.231 e. The number of carbonyl (C=O) groups excluding carboxylic acids is 1. The zero-order chi connectivity index (χ0) is 15.5. The van der Waals surface area contributed by atoms with Gasteiger partial charge in [-0.1, -0.05) is 49.3 Å². The first-order valence-corrected chi connectivity index (χ1v) is 7.83. The molecule has 0 aliphatic carbocycles. The van der Waals surface area contributed by atoms with E-state index in [-0.39, 0.29) is 17.7 Å². The molecule has 0 bridgehead atoms. The Morgan fingerprint density at radius 3 is 2.82 bits per heavy atom. The lowest BCUT2D eigenvalue weighted by Crippen LogP contribution is -2.41. The van der Waals surface area contributed by atoms with Crippen LogP contribution < -0.4 is 0 Å². The highest BCUT2D eigenvalue weighted by molar-refractivity contribution is 5.78. The minimum absolute atomic E-state index is 0.0290. The van der Waals surface area contributed by atoms with Crippen molar-refractivity contribution in [2.45, 2.75) is 32.6 Å². The number of piperidine rings is 1. The summed E-state index contributed by atoms with van der Waals surface area (Å²) in [5.74, 6) is 1.62. The van der Waals surface area contributed by atoms with Crippen molar-refractivity contribution in [1.29, 1.82) is 0 Å². The minimum atomic E-state index is 0.0290. The third-order valence-electron chi connectivity index (χ3n) is 4.05. The Hall–Kier alpha value is -2.17. The Morgan fingerprint density at radius 1 is 1.32 bits per heavy atom. The summed E-state index contributed by atoms with van der Waals surface area (Å²) in [4.78, 5) is 18.6. The lowest BCUT2D eigenvalue weighted by Gasteiger charge is -2.32. The Bertz CT molecular complexity index is 636. The first kappa shape index (κ1) is 14.8. The number of rotatable bonds is 3. The molecule has 1 unspecified atom stereocenters. The molecule has 22 heavy (non-hydrogen) atoms. The van der Waals surface area contributed by atoms with Crippen LogP contribution in [0.2, 0.25) is 0 Å². The molecule has 0 saturated carbocycles. The SMILES string of the molecule is CC(C)C(=O)N1CCCC(c2nc(-c3ccccc3)no2)C1. The van der Waals surface area contributed by atoms with Crippen molar-refractivity contribution in [2.24, 2.45) is 5.92 Å². The van der Waals surface area contributed by atoms with Crippen molar-refractivity contribution in [1.82, 2.24) is 15.0 Å². The van der Waals surface area contributed by atoms with Crippen molar-refractivity contribution < 1.29 is 9.32 Å². The fraction of sp³-hybridized carbons (Fsp3) is 0.471. The molecule has 2 heterocycles. The average molecular weight is 299 g/mol. The number of amides is 1. The summed E-state index contributed by atoms with van der Waals surface area (Å²) in [5.41, 5.74) is 0.948. The Morgan fingerprint density at radius 2 is 2.09 bits per heavy atom. The molecule has 1 aliphatic rings. The molecule has 1 aromatic heterocycles. The van der Waals surface area contributed by atoms with Gasteiger partial charge in [0.25, 0.3) is 0 Å².